The molecule has 0 spiro atoms. The van der Waals surface area contributed by atoms with Gasteiger partial charge in [0.25, 0.3) is 0 Å². The number of hydrogen-bond acceptors (Lipinski definition) is 8. The lowest BCUT2D eigenvalue weighted by Gasteiger charge is -2.42. The Bertz CT molecular complexity index is 1060. The number of alkyl halides is 3. The Balaban J connectivity index is 1.18. The molecule has 1 atom stereocenters. The van der Waals surface area contributed by atoms with Crippen molar-refractivity contribution in [3.05, 3.63) is 23.9 Å². The molecule has 4 heterocycles. The van der Waals surface area contributed by atoms with Gasteiger partial charge in [-0.25, -0.2) is 15.0 Å². The molecule has 3 aliphatic rings. The van der Waals surface area contributed by atoms with Crippen molar-refractivity contribution in [2.45, 2.75) is 50.9 Å². The van der Waals surface area contributed by atoms with Gasteiger partial charge < -0.3 is 19.9 Å². The highest BCUT2D eigenvalue weighted by Crippen LogP contribution is 2.40. The Kier molecular flexibility index (Phi) is 5.25. The normalized spacial score (nSPS) is 24.3. The predicted octanol–water partition coefficient (Wildman–Crippen LogP) is 2.67. The Labute approximate surface area is 188 Å². The number of halogens is 3. The number of aryl methyl sites for hydroxylation is 1. The minimum Gasteiger partial charge on any atom is -0.490 e. The van der Waals surface area contributed by atoms with Gasteiger partial charge in [-0.1, -0.05) is 0 Å². The molecule has 0 unspecified atom stereocenters. The zero-order valence-corrected chi connectivity index (χ0v) is 18.3. The second-order valence-corrected chi connectivity index (χ2v) is 8.78. The number of nitrogens with zero attached hydrogens (tertiary/aromatic N) is 6. The highest BCUT2D eigenvalue weighted by Gasteiger charge is 2.39. The van der Waals surface area contributed by atoms with Crippen molar-refractivity contribution < 1.29 is 22.7 Å². The average molecular weight is 463 g/mol. The van der Waals surface area contributed by atoms with E-state index in [2.05, 4.69) is 20.3 Å². The van der Waals surface area contributed by atoms with Crippen molar-refractivity contribution in [1.29, 1.82) is 0 Å². The summed E-state index contributed by atoms with van der Waals surface area (Å²) in [6, 6.07) is -0.0917. The van der Waals surface area contributed by atoms with Crippen LogP contribution in [0.15, 0.2) is 12.4 Å². The first-order valence-electron chi connectivity index (χ1n) is 10.9. The third-order valence-corrected chi connectivity index (χ3v) is 6.48. The van der Waals surface area contributed by atoms with Crippen LogP contribution in [0.5, 0.6) is 5.75 Å². The van der Waals surface area contributed by atoms with Crippen molar-refractivity contribution in [3.63, 3.8) is 0 Å². The van der Waals surface area contributed by atoms with Gasteiger partial charge in [0.2, 0.25) is 17.7 Å². The fourth-order valence-corrected chi connectivity index (χ4v) is 4.48. The van der Waals surface area contributed by atoms with Crippen molar-refractivity contribution in [2.24, 2.45) is 5.92 Å². The van der Waals surface area contributed by atoms with Crippen molar-refractivity contribution in [2.75, 3.05) is 35.3 Å². The van der Waals surface area contributed by atoms with Crippen LogP contribution in [-0.4, -0.2) is 58.1 Å². The van der Waals surface area contributed by atoms with E-state index in [0.29, 0.717) is 19.1 Å². The Morgan fingerprint density at radius 1 is 1.21 bits per heavy atom. The summed E-state index contributed by atoms with van der Waals surface area (Å²) in [6.45, 7) is 2.95. The molecule has 2 aliphatic heterocycles. The maximum absolute atomic E-state index is 12.6. The molecule has 9 nitrogen and oxygen atoms in total. The van der Waals surface area contributed by atoms with Gasteiger partial charge >= 0.3 is 6.18 Å². The van der Waals surface area contributed by atoms with E-state index in [-0.39, 0.29) is 29.7 Å². The van der Waals surface area contributed by atoms with Crippen molar-refractivity contribution >= 4 is 23.4 Å². The van der Waals surface area contributed by atoms with E-state index >= 15 is 0 Å². The molecule has 12 heteroatoms. The molecule has 2 aromatic heterocycles. The predicted molar refractivity (Wildman–Crippen MR) is 113 cm³/mol. The molecule has 33 heavy (non-hydrogen) atoms. The van der Waals surface area contributed by atoms with E-state index in [0.717, 1.165) is 55.3 Å². The van der Waals surface area contributed by atoms with Gasteiger partial charge in [0.1, 0.15) is 11.7 Å². The number of hydrogen-bond donors (Lipinski definition) is 1. The van der Waals surface area contributed by atoms with Gasteiger partial charge in [-0.3, -0.25) is 4.79 Å². The summed E-state index contributed by atoms with van der Waals surface area (Å²) in [6.07, 6.45) is 0.861. The summed E-state index contributed by atoms with van der Waals surface area (Å²) in [5.41, 5.74) is 1.72. The molecule has 0 saturated heterocycles. The highest BCUT2D eigenvalue weighted by molar-refractivity contribution is 6.05. The van der Waals surface area contributed by atoms with E-state index in [1.54, 1.807) is 0 Å². The highest BCUT2D eigenvalue weighted by atomic mass is 19.4. The molecule has 5 rings (SSSR count). The number of ether oxygens (including phenoxy) is 1. The molecule has 0 radical (unpaired) electrons. The number of carbonyl (C=O) groups excluding carboxylic acids is 1. The number of carbonyl (C=O) groups is 1. The maximum atomic E-state index is 12.6. The first kappa shape index (κ1) is 21.7. The van der Waals surface area contributed by atoms with E-state index < -0.39 is 12.0 Å². The molecule has 1 aliphatic carbocycles. The molecule has 1 fully saturated rings. The SMILES string of the molecule is C[C@H]1C(=O)N2CCCc3nc(N[C@H]4C[C@@H](COc5cnc(C(F)(F)F)nc5)C4)nc(c32)N1C. The summed E-state index contributed by atoms with van der Waals surface area (Å²) >= 11 is 0. The fourth-order valence-electron chi connectivity index (χ4n) is 4.48. The number of anilines is 3. The monoisotopic (exact) mass is 463 g/mol. The fraction of sp³-hybridized carbons (Fsp3) is 0.571. The maximum Gasteiger partial charge on any atom is 0.451 e. The summed E-state index contributed by atoms with van der Waals surface area (Å²) in [5.74, 6) is 0.703. The van der Waals surface area contributed by atoms with Gasteiger partial charge in [0.15, 0.2) is 11.6 Å². The quantitative estimate of drug-likeness (QED) is 0.723. The number of amides is 1. The third kappa shape index (κ3) is 4.02. The molecule has 1 N–H and O–H groups in total. The summed E-state index contributed by atoms with van der Waals surface area (Å²) in [7, 11) is 1.88. The Hall–Kier alpha value is -3.18. The zero-order chi connectivity index (χ0) is 23.3. The van der Waals surface area contributed by atoms with Crippen LogP contribution in [0.3, 0.4) is 0 Å². The van der Waals surface area contributed by atoms with E-state index in [4.69, 9.17) is 9.72 Å². The smallest absolute Gasteiger partial charge is 0.451 e. The standard InChI is InChI=1S/C21H24F3N7O2/c1-11-18(32)31-5-3-4-15-16(31)17(30(11)2)29-20(28-15)27-13-6-12(7-13)10-33-14-8-25-19(26-9-14)21(22,23)24/h8-9,11-13H,3-7,10H2,1-2H3,(H,27,28,29)/t11-,12-,13+/m0/s1. The zero-order valence-electron chi connectivity index (χ0n) is 18.3. The van der Waals surface area contributed by atoms with Crippen molar-refractivity contribution in [3.8, 4) is 5.75 Å². The largest absolute Gasteiger partial charge is 0.490 e. The average Bonchev–Trinajstić information content (AvgIpc) is 2.76. The molecule has 0 bridgehead atoms. The minimum atomic E-state index is -4.57. The number of nitrogens with one attached hydrogen (secondary N) is 1. The van der Waals surface area contributed by atoms with Crippen LogP contribution >= 0.6 is 0 Å². The van der Waals surface area contributed by atoms with Crippen LogP contribution in [0.1, 0.15) is 37.7 Å². The lowest BCUT2D eigenvalue weighted by atomic mass is 9.81. The van der Waals surface area contributed by atoms with E-state index in [1.165, 1.54) is 0 Å². The third-order valence-electron chi connectivity index (χ3n) is 6.48. The Morgan fingerprint density at radius 2 is 1.94 bits per heavy atom. The van der Waals surface area contributed by atoms with Gasteiger partial charge in [-0.05, 0) is 38.5 Å². The second-order valence-electron chi connectivity index (χ2n) is 8.78. The van der Waals surface area contributed by atoms with Gasteiger partial charge in [0, 0.05) is 19.6 Å². The van der Waals surface area contributed by atoms with Gasteiger partial charge in [-0.2, -0.15) is 18.2 Å². The number of aromatic nitrogens is 4. The molecular formula is C21H24F3N7O2. The molecular weight excluding hydrogens is 439 g/mol. The van der Waals surface area contributed by atoms with E-state index in [1.807, 2.05) is 23.8 Å². The molecule has 1 saturated carbocycles. The van der Waals surface area contributed by atoms with E-state index in [9.17, 15) is 18.0 Å². The van der Waals surface area contributed by atoms with Crippen LogP contribution in [0.4, 0.5) is 30.6 Å². The topological polar surface area (TPSA) is 96.4 Å². The summed E-state index contributed by atoms with van der Waals surface area (Å²) < 4.78 is 43.2. The first-order chi connectivity index (χ1) is 15.7. The molecule has 1 amide bonds. The number of likely N-dealkylation sites (N-methyl/N-ethyl adjacent to an activating group) is 1. The molecule has 176 valence electrons. The lowest BCUT2D eigenvalue weighted by Crippen LogP contribution is -2.53. The van der Waals surface area contributed by atoms with Crippen molar-refractivity contribution in [1.82, 2.24) is 19.9 Å². The van der Waals surface area contributed by atoms with Crippen LogP contribution in [0.25, 0.3) is 0 Å². The molecule has 0 aromatic carbocycles. The summed E-state index contributed by atoms with van der Waals surface area (Å²) in [5, 5.41) is 3.38. The Morgan fingerprint density at radius 3 is 2.64 bits per heavy atom. The van der Waals surface area contributed by atoms with Crippen LogP contribution in [-0.2, 0) is 17.4 Å². The first-order valence-corrected chi connectivity index (χ1v) is 10.9. The lowest BCUT2D eigenvalue weighted by molar-refractivity contribution is -0.145. The molecule has 2 aromatic rings. The number of rotatable bonds is 5. The summed E-state index contributed by atoms with van der Waals surface area (Å²) in [4.78, 5) is 32.4. The second kappa shape index (κ2) is 7.99. The van der Waals surface area contributed by atoms with Crippen LogP contribution in [0, 0.1) is 5.92 Å². The van der Waals surface area contributed by atoms with Crippen LogP contribution < -0.4 is 19.9 Å². The minimum absolute atomic E-state index is 0.0792. The van der Waals surface area contributed by atoms with Gasteiger partial charge in [0.05, 0.1) is 24.7 Å². The van der Waals surface area contributed by atoms with Gasteiger partial charge in [-0.15, -0.1) is 0 Å². The van der Waals surface area contributed by atoms with Crippen LogP contribution in [0.2, 0.25) is 0 Å².